The number of carbonyl (C=O) groups excluding carboxylic acids is 1. The lowest BCUT2D eigenvalue weighted by atomic mass is 10.3. The maximum Gasteiger partial charge on any atom is 0.269 e. The van der Waals surface area contributed by atoms with Crippen LogP contribution in [0, 0.1) is 0 Å². The number of hydroxylamine groups is 1. The van der Waals surface area contributed by atoms with E-state index in [1.165, 1.54) is 19.1 Å². The van der Waals surface area contributed by atoms with Crippen LogP contribution in [0.3, 0.4) is 0 Å². The van der Waals surface area contributed by atoms with Crippen molar-refractivity contribution < 1.29 is 9.63 Å². The Hall–Kier alpha value is -0.970. The van der Waals surface area contributed by atoms with Crippen molar-refractivity contribution in [3.8, 4) is 5.75 Å². The number of nitrogens with two attached hydrogens (primary N) is 1. The highest BCUT2D eigenvalue weighted by molar-refractivity contribution is 6.35. The van der Waals surface area contributed by atoms with Gasteiger partial charge in [-0.25, -0.2) is 5.84 Å². The summed E-state index contributed by atoms with van der Waals surface area (Å²) in [6, 6.07) is 4.59. The van der Waals surface area contributed by atoms with Crippen molar-refractivity contribution in [2.75, 3.05) is 0 Å². The number of halogens is 2. The predicted octanol–water partition coefficient (Wildman–Crippen LogP) is 2.01. The van der Waals surface area contributed by atoms with Crippen LogP contribution >= 0.6 is 23.2 Å². The zero-order valence-corrected chi connectivity index (χ0v) is 8.84. The SMILES string of the molecule is CC(=O)N(N)Oc1ccc(Cl)cc1Cl. The maximum absolute atomic E-state index is 10.7. The third-order valence-electron chi connectivity index (χ3n) is 1.40. The van der Waals surface area contributed by atoms with Crippen LogP contribution in [-0.2, 0) is 4.79 Å². The van der Waals surface area contributed by atoms with Gasteiger partial charge in [-0.2, -0.15) is 0 Å². The molecule has 1 aromatic carbocycles. The first-order chi connectivity index (χ1) is 6.50. The summed E-state index contributed by atoms with van der Waals surface area (Å²) in [6.45, 7) is 1.27. The van der Waals surface area contributed by atoms with Gasteiger partial charge in [0.1, 0.15) is 0 Å². The summed E-state index contributed by atoms with van der Waals surface area (Å²) in [7, 11) is 0. The van der Waals surface area contributed by atoms with Gasteiger partial charge in [-0.3, -0.25) is 4.79 Å². The molecule has 0 aliphatic heterocycles. The zero-order chi connectivity index (χ0) is 10.7. The summed E-state index contributed by atoms with van der Waals surface area (Å²) in [6.07, 6.45) is 0. The number of amides is 1. The molecule has 0 atom stereocenters. The van der Waals surface area contributed by atoms with E-state index in [4.69, 9.17) is 33.9 Å². The monoisotopic (exact) mass is 234 g/mol. The fourth-order valence-corrected chi connectivity index (χ4v) is 1.16. The van der Waals surface area contributed by atoms with Crippen molar-refractivity contribution in [3.63, 3.8) is 0 Å². The van der Waals surface area contributed by atoms with Crippen molar-refractivity contribution in [1.29, 1.82) is 0 Å². The summed E-state index contributed by atoms with van der Waals surface area (Å²) in [4.78, 5) is 15.7. The topological polar surface area (TPSA) is 55.6 Å². The first-order valence-corrected chi connectivity index (χ1v) is 4.44. The van der Waals surface area contributed by atoms with E-state index in [-0.39, 0.29) is 10.8 Å². The van der Waals surface area contributed by atoms with Crippen LogP contribution in [0.5, 0.6) is 5.75 Å². The molecule has 1 amide bonds. The molecule has 0 aliphatic rings. The van der Waals surface area contributed by atoms with Crippen molar-refractivity contribution in [1.82, 2.24) is 5.17 Å². The van der Waals surface area contributed by atoms with Crippen molar-refractivity contribution >= 4 is 29.1 Å². The van der Waals surface area contributed by atoms with E-state index in [0.29, 0.717) is 10.2 Å². The number of nitrogens with zero attached hydrogens (tertiary/aromatic N) is 1. The van der Waals surface area contributed by atoms with E-state index in [1.807, 2.05) is 0 Å². The zero-order valence-electron chi connectivity index (χ0n) is 7.33. The molecule has 0 radical (unpaired) electrons. The van der Waals surface area contributed by atoms with E-state index in [1.54, 1.807) is 6.07 Å². The van der Waals surface area contributed by atoms with Gasteiger partial charge in [-0.05, 0) is 18.2 Å². The fraction of sp³-hybridized carbons (Fsp3) is 0.125. The van der Waals surface area contributed by atoms with Crippen molar-refractivity contribution in [3.05, 3.63) is 28.2 Å². The summed E-state index contributed by atoms with van der Waals surface area (Å²) < 4.78 is 0. The quantitative estimate of drug-likeness (QED) is 0.484. The second-order valence-electron chi connectivity index (χ2n) is 2.51. The Bertz CT molecular complexity index is 357. The minimum Gasteiger partial charge on any atom is -0.360 e. The molecule has 0 saturated carbocycles. The lowest BCUT2D eigenvalue weighted by molar-refractivity contribution is -0.155. The Kier molecular flexibility index (Phi) is 3.57. The van der Waals surface area contributed by atoms with Gasteiger partial charge < -0.3 is 4.84 Å². The highest BCUT2D eigenvalue weighted by Crippen LogP contribution is 2.27. The molecule has 4 nitrogen and oxygen atoms in total. The fourth-order valence-electron chi connectivity index (χ4n) is 0.719. The number of hydrazine groups is 1. The van der Waals surface area contributed by atoms with Crippen LogP contribution in [0.25, 0.3) is 0 Å². The molecule has 0 heterocycles. The lowest BCUT2D eigenvalue weighted by Gasteiger charge is -2.15. The Morgan fingerprint density at radius 1 is 1.50 bits per heavy atom. The van der Waals surface area contributed by atoms with E-state index in [9.17, 15) is 4.79 Å². The van der Waals surface area contributed by atoms with Crippen molar-refractivity contribution in [2.45, 2.75) is 6.92 Å². The Morgan fingerprint density at radius 2 is 2.14 bits per heavy atom. The average molecular weight is 235 g/mol. The van der Waals surface area contributed by atoms with Crippen LogP contribution < -0.4 is 10.7 Å². The molecule has 0 saturated heterocycles. The Morgan fingerprint density at radius 3 is 2.64 bits per heavy atom. The minimum atomic E-state index is -0.434. The van der Waals surface area contributed by atoms with Crippen LogP contribution in [0.1, 0.15) is 6.92 Å². The third kappa shape index (κ3) is 2.77. The molecule has 0 spiro atoms. The molecule has 14 heavy (non-hydrogen) atoms. The van der Waals surface area contributed by atoms with E-state index in [0.717, 1.165) is 0 Å². The molecule has 0 aromatic heterocycles. The first-order valence-electron chi connectivity index (χ1n) is 3.69. The minimum absolute atomic E-state index is 0.272. The second kappa shape index (κ2) is 4.50. The van der Waals surface area contributed by atoms with Gasteiger partial charge in [0.2, 0.25) is 0 Å². The van der Waals surface area contributed by atoms with Gasteiger partial charge in [-0.15, -0.1) is 5.17 Å². The molecular weight excluding hydrogens is 227 g/mol. The smallest absolute Gasteiger partial charge is 0.269 e. The first kappa shape index (κ1) is 11.1. The molecule has 1 rings (SSSR count). The highest BCUT2D eigenvalue weighted by Gasteiger charge is 2.08. The molecule has 0 aliphatic carbocycles. The number of carbonyl (C=O) groups is 1. The molecule has 6 heteroatoms. The van der Waals surface area contributed by atoms with Crippen LogP contribution in [0.2, 0.25) is 10.0 Å². The van der Waals surface area contributed by atoms with Gasteiger partial charge in [0, 0.05) is 11.9 Å². The summed E-state index contributed by atoms with van der Waals surface area (Å²) in [5.41, 5.74) is 0. The number of benzene rings is 1. The Labute approximate surface area is 91.1 Å². The Balaban J connectivity index is 2.82. The van der Waals surface area contributed by atoms with Crippen LogP contribution in [-0.4, -0.2) is 11.1 Å². The van der Waals surface area contributed by atoms with Gasteiger partial charge in [0.15, 0.2) is 5.75 Å². The average Bonchev–Trinajstić information content (AvgIpc) is 2.09. The van der Waals surface area contributed by atoms with Gasteiger partial charge in [0.05, 0.1) is 5.02 Å². The number of rotatable bonds is 2. The van der Waals surface area contributed by atoms with E-state index >= 15 is 0 Å². The molecule has 0 fully saturated rings. The van der Waals surface area contributed by atoms with E-state index in [2.05, 4.69) is 0 Å². The molecular formula is C8H8Cl2N2O2. The standard InChI is InChI=1S/C8H8Cl2N2O2/c1-5(13)12(11)14-8-3-2-6(9)4-7(8)10/h2-4H,11H2,1H3. The van der Waals surface area contributed by atoms with Crippen LogP contribution in [0.15, 0.2) is 18.2 Å². The summed E-state index contributed by atoms with van der Waals surface area (Å²) in [5, 5.41) is 1.36. The lowest BCUT2D eigenvalue weighted by Crippen LogP contribution is -2.38. The third-order valence-corrected chi connectivity index (χ3v) is 1.93. The number of hydrogen-bond donors (Lipinski definition) is 1. The van der Waals surface area contributed by atoms with Gasteiger partial charge in [0.25, 0.3) is 5.91 Å². The molecule has 0 bridgehead atoms. The van der Waals surface area contributed by atoms with Crippen LogP contribution in [0.4, 0.5) is 0 Å². The maximum atomic E-state index is 10.7. The largest absolute Gasteiger partial charge is 0.360 e. The predicted molar refractivity (Wildman–Crippen MR) is 53.8 cm³/mol. The molecule has 0 unspecified atom stereocenters. The summed E-state index contributed by atoms with van der Waals surface area (Å²) >= 11 is 11.4. The van der Waals surface area contributed by atoms with Gasteiger partial charge in [-0.1, -0.05) is 23.2 Å². The van der Waals surface area contributed by atoms with E-state index < -0.39 is 5.91 Å². The van der Waals surface area contributed by atoms with Crippen molar-refractivity contribution in [2.24, 2.45) is 5.84 Å². The van der Waals surface area contributed by atoms with Gasteiger partial charge >= 0.3 is 0 Å². The summed E-state index contributed by atoms with van der Waals surface area (Å²) in [5.74, 6) is 5.06. The molecule has 76 valence electrons. The molecule has 1 aromatic rings. The normalized spacial score (nSPS) is 9.71. The second-order valence-corrected chi connectivity index (χ2v) is 3.35. The highest BCUT2D eigenvalue weighted by atomic mass is 35.5. The molecule has 2 N–H and O–H groups in total. The number of hydrogen-bond acceptors (Lipinski definition) is 3.